The number of carbonyl (C=O) groups excluding carboxylic acids is 1. The maximum Gasteiger partial charge on any atom is 0.265 e. The first kappa shape index (κ1) is 12.0. The summed E-state index contributed by atoms with van der Waals surface area (Å²) < 4.78 is 1.86. The molecule has 0 radical (unpaired) electrons. The molecular formula is C10H13BrN2O2. The van der Waals surface area contributed by atoms with Gasteiger partial charge in [-0.1, -0.05) is 0 Å². The largest absolute Gasteiger partial charge is 0.344 e. The molecule has 1 amide bonds. The second-order valence-electron chi connectivity index (χ2n) is 3.20. The van der Waals surface area contributed by atoms with Crippen LogP contribution in [0, 0.1) is 0 Å². The molecule has 1 aromatic rings. The topological polar surface area (TPSA) is 42.3 Å². The number of hydrogen-bond donors (Lipinski definition) is 0. The molecule has 0 aromatic carbocycles. The van der Waals surface area contributed by atoms with Gasteiger partial charge in [0.2, 0.25) is 5.91 Å². The maximum atomic E-state index is 11.6. The number of aromatic nitrogens is 1. The molecular weight excluding hydrogens is 260 g/mol. The van der Waals surface area contributed by atoms with E-state index in [1.807, 2.05) is 6.92 Å². The molecule has 1 aromatic heterocycles. The van der Waals surface area contributed by atoms with Gasteiger partial charge in [-0.2, -0.15) is 0 Å². The van der Waals surface area contributed by atoms with Crippen molar-refractivity contribution in [1.29, 1.82) is 0 Å². The number of halogens is 1. The highest BCUT2D eigenvalue weighted by Crippen LogP contribution is 2.00. The van der Waals surface area contributed by atoms with Gasteiger partial charge in [0.15, 0.2) is 0 Å². The Hall–Kier alpha value is -1.10. The normalized spacial score (nSPS) is 10.1. The molecule has 0 atom stereocenters. The van der Waals surface area contributed by atoms with E-state index in [0.717, 1.165) is 0 Å². The number of amides is 1. The van der Waals surface area contributed by atoms with E-state index >= 15 is 0 Å². The molecule has 0 saturated heterocycles. The monoisotopic (exact) mass is 272 g/mol. The summed E-state index contributed by atoms with van der Waals surface area (Å²) in [5, 5.41) is 0. The predicted octanol–water partition coefficient (Wildman–Crippen LogP) is 1.09. The summed E-state index contributed by atoms with van der Waals surface area (Å²) >= 11 is 3.13. The Kier molecular flexibility index (Phi) is 4.08. The summed E-state index contributed by atoms with van der Waals surface area (Å²) in [6.45, 7) is 2.62. The highest BCUT2D eigenvalue weighted by Gasteiger charge is 2.08. The van der Waals surface area contributed by atoms with Crippen molar-refractivity contribution in [3.05, 3.63) is 33.2 Å². The molecule has 0 aliphatic heterocycles. The van der Waals surface area contributed by atoms with Gasteiger partial charge in [0.1, 0.15) is 6.54 Å². The van der Waals surface area contributed by atoms with Crippen LogP contribution in [0.1, 0.15) is 6.92 Å². The van der Waals surface area contributed by atoms with Crippen molar-refractivity contribution < 1.29 is 4.79 Å². The lowest BCUT2D eigenvalue weighted by molar-refractivity contribution is -0.130. The quantitative estimate of drug-likeness (QED) is 0.827. The number of nitrogens with zero attached hydrogens (tertiary/aromatic N) is 2. The maximum absolute atomic E-state index is 11.6. The molecule has 5 heteroatoms. The third-order valence-electron chi connectivity index (χ3n) is 2.18. The smallest absolute Gasteiger partial charge is 0.265 e. The van der Waals surface area contributed by atoms with Crippen LogP contribution in [-0.2, 0) is 11.3 Å². The fourth-order valence-corrected chi connectivity index (χ4v) is 1.46. The Bertz CT molecular complexity index is 414. The molecule has 0 bridgehead atoms. The standard InChI is InChI=1S/C10H13BrN2O2/c1-3-12(2)9(14)7-13-6-4-5-8(11)10(13)15/h4-6H,3,7H2,1-2H3. The van der Waals surface area contributed by atoms with Gasteiger partial charge >= 0.3 is 0 Å². The molecule has 0 aliphatic rings. The average Bonchev–Trinajstić information content (AvgIpc) is 2.23. The van der Waals surface area contributed by atoms with Crippen LogP contribution in [0.25, 0.3) is 0 Å². The molecule has 0 spiro atoms. The average molecular weight is 273 g/mol. The summed E-state index contributed by atoms with van der Waals surface area (Å²) in [7, 11) is 1.71. The van der Waals surface area contributed by atoms with Gasteiger partial charge in [-0.25, -0.2) is 0 Å². The first-order chi connectivity index (χ1) is 7.06. The van der Waals surface area contributed by atoms with Gasteiger partial charge in [0, 0.05) is 19.8 Å². The van der Waals surface area contributed by atoms with E-state index in [-0.39, 0.29) is 18.0 Å². The van der Waals surface area contributed by atoms with E-state index in [9.17, 15) is 9.59 Å². The number of pyridine rings is 1. The molecule has 0 fully saturated rings. The highest BCUT2D eigenvalue weighted by atomic mass is 79.9. The Morgan fingerprint density at radius 3 is 2.87 bits per heavy atom. The van der Waals surface area contributed by atoms with Crippen LogP contribution in [0.3, 0.4) is 0 Å². The molecule has 15 heavy (non-hydrogen) atoms. The van der Waals surface area contributed by atoms with Crippen molar-refractivity contribution in [1.82, 2.24) is 9.47 Å². The van der Waals surface area contributed by atoms with Crippen molar-refractivity contribution >= 4 is 21.8 Å². The number of likely N-dealkylation sites (N-methyl/N-ethyl adjacent to an activating group) is 1. The first-order valence-electron chi connectivity index (χ1n) is 4.65. The summed E-state index contributed by atoms with van der Waals surface area (Å²) in [5.74, 6) is -0.0716. The molecule has 0 N–H and O–H groups in total. The van der Waals surface area contributed by atoms with Crippen LogP contribution in [-0.4, -0.2) is 29.0 Å². The van der Waals surface area contributed by atoms with Crippen LogP contribution < -0.4 is 5.56 Å². The van der Waals surface area contributed by atoms with Gasteiger partial charge in [-0.3, -0.25) is 9.59 Å². The Labute approximate surface area is 96.6 Å². The fourth-order valence-electron chi connectivity index (χ4n) is 1.07. The summed E-state index contributed by atoms with van der Waals surface area (Å²) in [4.78, 5) is 24.7. The van der Waals surface area contributed by atoms with E-state index in [1.54, 1.807) is 30.3 Å². The molecule has 4 nitrogen and oxygen atoms in total. The minimum absolute atomic E-state index is 0.0716. The number of hydrogen-bond acceptors (Lipinski definition) is 2. The van der Waals surface area contributed by atoms with Crippen molar-refractivity contribution in [2.24, 2.45) is 0 Å². The molecule has 1 heterocycles. The van der Waals surface area contributed by atoms with Crippen molar-refractivity contribution in [3.63, 3.8) is 0 Å². The summed E-state index contributed by atoms with van der Waals surface area (Å²) in [6, 6.07) is 3.39. The number of carbonyl (C=O) groups is 1. The predicted molar refractivity (Wildman–Crippen MR) is 61.7 cm³/mol. The lowest BCUT2D eigenvalue weighted by atomic mass is 10.4. The van der Waals surface area contributed by atoms with Gasteiger partial charge in [-0.05, 0) is 35.0 Å². The van der Waals surface area contributed by atoms with Crippen LogP contribution in [0.4, 0.5) is 0 Å². The van der Waals surface area contributed by atoms with Gasteiger partial charge in [-0.15, -0.1) is 0 Å². The lowest BCUT2D eigenvalue weighted by Crippen LogP contribution is -2.33. The summed E-state index contributed by atoms with van der Waals surface area (Å²) in [6.07, 6.45) is 1.61. The SMILES string of the molecule is CCN(C)C(=O)Cn1cccc(Br)c1=O. The van der Waals surface area contributed by atoms with Crippen molar-refractivity contribution in [2.75, 3.05) is 13.6 Å². The molecule has 82 valence electrons. The second kappa shape index (κ2) is 5.11. The van der Waals surface area contributed by atoms with Gasteiger partial charge < -0.3 is 9.47 Å². The number of rotatable bonds is 3. The minimum atomic E-state index is -0.185. The van der Waals surface area contributed by atoms with Crippen molar-refractivity contribution in [3.8, 4) is 0 Å². The third-order valence-corrected chi connectivity index (χ3v) is 2.78. The van der Waals surface area contributed by atoms with E-state index in [1.165, 1.54) is 4.57 Å². The minimum Gasteiger partial charge on any atom is -0.344 e. The first-order valence-corrected chi connectivity index (χ1v) is 5.44. The van der Waals surface area contributed by atoms with Crippen LogP contribution in [0.5, 0.6) is 0 Å². The van der Waals surface area contributed by atoms with E-state index in [4.69, 9.17) is 0 Å². The Morgan fingerprint density at radius 2 is 2.27 bits per heavy atom. The Morgan fingerprint density at radius 1 is 1.60 bits per heavy atom. The highest BCUT2D eigenvalue weighted by molar-refractivity contribution is 9.10. The molecule has 0 aliphatic carbocycles. The molecule has 1 rings (SSSR count). The van der Waals surface area contributed by atoms with Crippen molar-refractivity contribution in [2.45, 2.75) is 13.5 Å². The zero-order chi connectivity index (χ0) is 11.4. The van der Waals surface area contributed by atoms with Crippen LogP contribution in [0.2, 0.25) is 0 Å². The zero-order valence-electron chi connectivity index (χ0n) is 8.74. The van der Waals surface area contributed by atoms with Crippen LogP contribution in [0.15, 0.2) is 27.6 Å². The van der Waals surface area contributed by atoms with Gasteiger partial charge in [0.25, 0.3) is 5.56 Å². The second-order valence-corrected chi connectivity index (χ2v) is 4.05. The Balaban J connectivity index is 2.86. The summed E-state index contributed by atoms with van der Waals surface area (Å²) in [5.41, 5.74) is -0.185. The van der Waals surface area contributed by atoms with E-state index < -0.39 is 0 Å². The van der Waals surface area contributed by atoms with Gasteiger partial charge in [0.05, 0.1) is 4.47 Å². The van der Waals surface area contributed by atoms with E-state index in [0.29, 0.717) is 11.0 Å². The molecule has 0 unspecified atom stereocenters. The van der Waals surface area contributed by atoms with Crippen LogP contribution >= 0.6 is 15.9 Å². The zero-order valence-corrected chi connectivity index (χ0v) is 10.3. The lowest BCUT2D eigenvalue weighted by Gasteiger charge is -2.15. The van der Waals surface area contributed by atoms with E-state index in [2.05, 4.69) is 15.9 Å². The fraction of sp³-hybridized carbons (Fsp3) is 0.400. The molecule has 0 saturated carbocycles. The third kappa shape index (κ3) is 2.92.